The Morgan fingerprint density at radius 2 is 2.14 bits per heavy atom. The van der Waals surface area contributed by atoms with Crippen molar-refractivity contribution >= 4 is 46.2 Å². The van der Waals surface area contributed by atoms with E-state index in [1.54, 1.807) is 12.1 Å². The van der Waals surface area contributed by atoms with Crippen LogP contribution in [-0.4, -0.2) is 44.4 Å². The number of nitriles is 1. The SMILES string of the molecule is [C-]#[N+]c1cnc2c(NCC)nc(Nc3cc(C#N)cc(NCCO)c3Cl)nn12. The van der Waals surface area contributed by atoms with Crippen molar-refractivity contribution in [2.45, 2.75) is 6.92 Å². The van der Waals surface area contributed by atoms with E-state index in [4.69, 9.17) is 23.3 Å². The van der Waals surface area contributed by atoms with Crippen LogP contribution in [0.3, 0.4) is 0 Å². The van der Waals surface area contributed by atoms with Gasteiger partial charge in [0.1, 0.15) is 0 Å². The molecule has 28 heavy (non-hydrogen) atoms. The highest BCUT2D eigenvalue weighted by Crippen LogP contribution is 2.33. The quantitative estimate of drug-likeness (QED) is 0.448. The van der Waals surface area contributed by atoms with Crippen molar-refractivity contribution in [3.8, 4) is 6.07 Å². The van der Waals surface area contributed by atoms with Crippen LogP contribution in [0.4, 0.5) is 29.0 Å². The standard InChI is InChI=1S/C17H16ClN9O/c1-3-21-15-16-23-9-13(20-2)27(16)26-17(25-15)24-12-7-10(8-19)6-11(14(12)18)22-4-5-28/h6-7,9,22,28H,3-5H2,1H3,(H2,21,24,25,26). The maximum absolute atomic E-state index is 9.28. The highest BCUT2D eigenvalue weighted by molar-refractivity contribution is 6.36. The van der Waals surface area contributed by atoms with Crippen LogP contribution in [0.1, 0.15) is 12.5 Å². The van der Waals surface area contributed by atoms with Gasteiger partial charge in [-0.05, 0) is 19.1 Å². The number of hydrogen-bond donors (Lipinski definition) is 4. The van der Waals surface area contributed by atoms with Crippen molar-refractivity contribution in [1.29, 1.82) is 5.26 Å². The molecule has 0 aliphatic rings. The lowest BCUT2D eigenvalue weighted by atomic mass is 10.2. The number of fused-ring (bicyclic) bond motifs is 1. The lowest BCUT2D eigenvalue weighted by Crippen LogP contribution is -2.10. The van der Waals surface area contributed by atoms with Crippen molar-refractivity contribution in [3.05, 3.63) is 40.3 Å². The van der Waals surface area contributed by atoms with Crippen LogP contribution < -0.4 is 16.0 Å². The van der Waals surface area contributed by atoms with E-state index in [1.165, 1.54) is 10.7 Å². The minimum absolute atomic E-state index is 0.0816. The number of halogens is 1. The van der Waals surface area contributed by atoms with Crippen LogP contribution in [0, 0.1) is 17.9 Å². The summed E-state index contributed by atoms with van der Waals surface area (Å²) in [6.45, 7) is 9.98. The first-order chi connectivity index (χ1) is 13.6. The minimum atomic E-state index is -0.0816. The van der Waals surface area contributed by atoms with Gasteiger partial charge in [0.2, 0.25) is 0 Å². The Hall–Kier alpha value is -3.60. The molecule has 0 aliphatic carbocycles. The molecule has 2 aromatic heterocycles. The zero-order valence-corrected chi connectivity index (χ0v) is 15.6. The average Bonchev–Trinajstić information content (AvgIpc) is 3.12. The summed E-state index contributed by atoms with van der Waals surface area (Å²) < 4.78 is 1.38. The molecule has 0 bridgehead atoms. The third kappa shape index (κ3) is 3.74. The number of anilines is 4. The predicted octanol–water partition coefficient (Wildman–Crippen LogP) is 2.78. The molecule has 0 radical (unpaired) electrons. The van der Waals surface area contributed by atoms with Gasteiger partial charge in [-0.15, -0.1) is 4.52 Å². The number of aliphatic hydroxyl groups is 1. The molecular formula is C17H16ClN9O. The molecule has 4 N–H and O–H groups in total. The van der Waals surface area contributed by atoms with E-state index in [-0.39, 0.29) is 24.9 Å². The smallest absolute Gasteiger partial charge is 0.275 e. The predicted molar refractivity (Wildman–Crippen MR) is 106 cm³/mol. The summed E-state index contributed by atoms with van der Waals surface area (Å²) in [6, 6.07) is 5.22. The topological polar surface area (TPSA) is 128 Å². The number of hydrogen-bond acceptors (Lipinski definition) is 8. The molecule has 10 nitrogen and oxygen atoms in total. The molecule has 0 amide bonds. The van der Waals surface area contributed by atoms with Gasteiger partial charge in [-0.2, -0.15) is 10.2 Å². The molecule has 1 aromatic carbocycles. The van der Waals surface area contributed by atoms with Gasteiger partial charge < -0.3 is 25.9 Å². The minimum Gasteiger partial charge on any atom is -0.395 e. The molecule has 3 aromatic rings. The Balaban J connectivity index is 2.07. The Bertz CT molecular complexity index is 1100. The van der Waals surface area contributed by atoms with Crippen LogP contribution in [0.5, 0.6) is 0 Å². The van der Waals surface area contributed by atoms with E-state index < -0.39 is 0 Å². The van der Waals surface area contributed by atoms with Gasteiger partial charge in [0.05, 0.1) is 40.8 Å². The number of imidazole rings is 1. The maximum Gasteiger partial charge on any atom is 0.275 e. The van der Waals surface area contributed by atoms with Crippen LogP contribution in [0.15, 0.2) is 18.3 Å². The fourth-order valence-corrected chi connectivity index (χ4v) is 2.73. The van der Waals surface area contributed by atoms with Crippen molar-refractivity contribution in [1.82, 2.24) is 19.6 Å². The van der Waals surface area contributed by atoms with Crippen molar-refractivity contribution < 1.29 is 5.11 Å². The summed E-state index contributed by atoms with van der Waals surface area (Å²) in [5.41, 5.74) is 1.70. The summed E-state index contributed by atoms with van der Waals surface area (Å²) in [7, 11) is 0. The Kier molecular flexibility index (Phi) is 5.75. The van der Waals surface area contributed by atoms with Gasteiger partial charge in [-0.25, -0.2) is 4.98 Å². The fraction of sp³-hybridized carbons (Fsp3) is 0.235. The second-order valence-corrected chi connectivity index (χ2v) is 5.93. The maximum atomic E-state index is 9.28. The van der Waals surface area contributed by atoms with Crippen LogP contribution >= 0.6 is 11.6 Å². The Morgan fingerprint density at radius 3 is 2.82 bits per heavy atom. The molecule has 2 heterocycles. The second-order valence-electron chi connectivity index (χ2n) is 5.55. The van der Waals surface area contributed by atoms with Gasteiger partial charge in [-0.3, -0.25) is 0 Å². The molecule has 142 valence electrons. The highest BCUT2D eigenvalue weighted by Gasteiger charge is 2.17. The molecule has 0 unspecified atom stereocenters. The molecule has 0 atom stereocenters. The van der Waals surface area contributed by atoms with E-state index in [2.05, 4.69) is 41.9 Å². The summed E-state index contributed by atoms with van der Waals surface area (Å²) in [5, 5.41) is 32.0. The van der Waals surface area contributed by atoms with E-state index in [1.807, 2.05) is 6.92 Å². The van der Waals surface area contributed by atoms with E-state index in [0.717, 1.165) is 0 Å². The van der Waals surface area contributed by atoms with E-state index >= 15 is 0 Å². The van der Waals surface area contributed by atoms with Gasteiger partial charge in [0, 0.05) is 13.1 Å². The normalized spacial score (nSPS) is 10.3. The average molecular weight is 398 g/mol. The molecule has 3 rings (SSSR count). The third-order valence-corrected chi connectivity index (χ3v) is 4.09. The first-order valence-corrected chi connectivity index (χ1v) is 8.71. The largest absolute Gasteiger partial charge is 0.395 e. The van der Waals surface area contributed by atoms with Crippen molar-refractivity contribution in [2.75, 3.05) is 35.6 Å². The number of aliphatic hydroxyl groups excluding tert-OH is 1. The van der Waals surface area contributed by atoms with Gasteiger partial charge in [0.25, 0.3) is 17.4 Å². The zero-order valence-electron chi connectivity index (χ0n) is 14.9. The summed E-state index contributed by atoms with van der Waals surface area (Å²) in [4.78, 5) is 12.0. The molecule has 0 fully saturated rings. The van der Waals surface area contributed by atoms with Crippen LogP contribution in [0.2, 0.25) is 5.02 Å². The van der Waals surface area contributed by atoms with Gasteiger partial charge >= 0.3 is 0 Å². The van der Waals surface area contributed by atoms with Crippen molar-refractivity contribution in [3.63, 3.8) is 0 Å². The second kappa shape index (κ2) is 8.39. The van der Waals surface area contributed by atoms with Gasteiger partial charge in [-0.1, -0.05) is 23.3 Å². The molecule has 0 aliphatic heterocycles. The number of aromatic nitrogens is 4. The lowest BCUT2D eigenvalue weighted by molar-refractivity contribution is 0.311. The Morgan fingerprint density at radius 1 is 1.36 bits per heavy atom. The van der Waals surface area contributed by atoms with Crippen molar-refractivity contribution in [2.24, 2.45) is 0 Å². The van der Waals surface area contributed by atoms with Crippen LogP contribution in [0.25, 0.3) is 10.5 Å². The monoisotopic (exact) mass is 397 g/mol. The summed E-state index contributed by atoms with van der Waals surface area (Å²) >= 11 is 6.43. The highest BCUT2D eigenvalue weighted by atomic mass is 35.5. The molecule has 0 saturated carbocycles. The fourth-order valence-electron chi connectivity index (χ4n) is 2.50. The molecule has 11 heteroatoms. The van der Waals surface area contributed by atoms with E-state index in [9.17, 15) is 5.26 Å². The number of benzene rings is 1. The number of rotatable bonds is 7. The molecule has 0 saturated heterocycles. The zero-order chi connectivity index (χ0) is 20.1. The Labute approximate surface area is 165 Å². The lowest BCUT2D eigenvalue weighted by Gasteiger charge is -2.13. The third-order valence-electron chi connectivity index (χ3n) is 3.68. The van der Waals surface area contributed by atoms with Gasteiger partial charge in [0.15, 0.2) is 5.82 Å². The number of nitrogens with zero attached hydrogens (tertiary/aromatic N) is 6. The summed E-state index contributed by atoms with van der Waals surface area (Å²) in [5.74, 6) is 0.874. The van der Waals surface area contributed by atoms with E-state index in [0.29, 0.717) is 40.0 Å². The summed E-state index contributed by atoms with van der Waals surface area (Å²) in [6.07, 6.45) is 1.42. The first-order valence-electron chi connectivity index (χ1n) is 8.33. The first kappa shape index (κ1) is 19.2. The number of nitrogens with one attached hydrogen (secondary N) is 3. The molecular weight excluding hydrogens is 382 g/mol. The van der Waals surface area contributed by atoms with Crippen LogP contribution in [-0.2, 0) is 0 Å². The molecule has 0 spiro atoms.